The highest BCUT2D eigenvalue weighted by molar-refractivity contribution is 5.97. The van der Waals surface area contributed by atoms with Crippen molar-refractivity contribution in [1.29, 1.82) is 0 Å². The maximum atomic E-state index is 15.7. The third-order valence-electron chi connectivity index (χ3n) is 5.86. The van der Waals surface area contributed by atoms with Crippen LogP contribution in [0.15, 0.2) is 49.2 Å². The lowest BCUT2D eigenvalue weighted by Gasteiger charge is -2.36. The summed E-state index contributed by atoms with van der Waals surface area (Å²) in [6.07, 6.45) is 5.27. The number of nitrogens with zero attached hydrogens (tertiary/aromatic N) is 6. The van der Waals surface area contributed by atoms with Crippen molar-refractivity contribution in [3.63, 3.8) is 0 Å². The van der Waals surface area contributed by atoms with Crippen molar-refractivity contribution in [1.82, 2.24) is 19.9 Å². The Morgan fingerprint density at radius 1 is 1.06 bits per heavy atom. The quantitative estimate of drug-likeness (QED) is 0.322. The van der Waals surface area contributed by atoms with Crippen LogP contribution in [0.2, 0.25) is 0 Å². The van der Waals surface area contributed by atoms with Crippen LogP contribution < -0.4 is 9.63 Å². The van der Waals surface area contributed by atoms with Gasteiger partial charge in [-0.15, -0.1) is 0 Å². The van der Waals surface area contributed by atoms with Crippen molar-refractivity contribution < 1.29 is 18.7 Å². The first-order valence-electron chi connectivity index (χ1n) is 11.4. The molecule has 9 nitrogen and oxygen atoms in total. The van der Waals surface area contributed by atoms with Crippen molar-refractivity contribution in [2.24, 2.45) is 0 Å². The Bertz CT molecular complexity index is 1430. The minimum Gasteiger partial charge on any atom is -0.619 e. The minimum absolute atomic E-state index is 0.0540. The average Bonchev–Trinajstić information content (AvgIpc) is 2.83. The van der Waals surface area contributed by atoms with Crippen LogP contribution in [0.5, 0.6) is 0 Å². The van der Waals surface area contributed by atoms with E-state index in [4.69, 9.17) is 4.74 Å². The Labute approximate surface area is 201 Å². The number of hydrogen-bond donors (Lipinski definition) is 0. The number of piperazine rings is 1. The molecule has 0 aliphatic carbocycles. The number of aromatic nitrogens is 4. The molecule has 10 heteroatoms. The molecule has 1 aliphatic rings. The van der Waals surface area contributed by atoms with E-state index in [9.17, 15) is 10.0 Å². The molecule has 0 saturated carbocycles. The van der Waals surface area contributed by atoms with Gasteiger partial charge in [0.15, 0.2) is 18.2 Å². The van der Waals surface area contributed by atoms with Crippen molar-refractivity contribution in [3.05, 3.63) is 60.2 Å². The van der Waals surface area contributed by atoms with Gasteiger partial charge in [-0.05, 0) is 26.8 Å². The first-order chi connectivity index (χ1) is 16.7. The fourth-order valence-electron chi connectivity index (χ4n) is 4.26. The number of hydrogen-bond acceptors (Lipinski definition) is 7. The predicted octanol–water partition coefficient (Wildman–Crippen LogP) is 3.67. The van der Waals surface area contributed by atoms with Crippen LogP contribution in [-0.2, 0) is 4.74 Å². The standard InChI is InChI=1S/C25H25FN6O3/c1-25(2,3)35-24(33)31-10-8-30(9-11-31)23-18-12-27-22(20(26)21(18)28-15-29-23)19-14-32(34)13-16-6-4-5-7-17(16)19/h4-7,12-15H,8-11H2,1-3H3. The second kappa shape index (κ2) is 8.61. The van der Waals surface area contributed by atoms with Gasteiger partial charge in [-0.2, -0.15) is 4.73 Å². The summed E-state index contributed by atoms with van der Waals surface area (Å²) in [4.78, 5) is 29.0. The van der Waals surface area contributed by atoms with E-state index >= 15 is 4.39 Å². The fourth-order valence-corrected chi connectivity index (χ4v) is 4.26. The topological polar surface area (TPSA) is 98.4 Å². The second-order valence-corrected chi connectivity index (χ2v) is 9.45. The average molecular weight is 477 g/mol. The van der Waals surface area contributed by atoms with Gasteiger partial charge in [0.05, 0.1) is 10.9 Å². The number of amides is 1. The van der Waals surface area contributed by atoms with E-state index in [1.807, 2.05) is 43.9 Å². The number of carbonyl (C=O) groups excluding carboxylic acids is 1. The van der Waals surface area contributed by atoms with Gasteiger partial charge in [-0.1, -0.05) is 18.2 Å². The Balaban J connectivity index is 1.47. The molecule has 35 heavy (non-hydrogen) atoms. The van der Waals surface area contributed by atoms with Crippen molar-refractivity contribution >= 4 is 33.6 Å². The molecule has 180 valence electrons. The van der Waals surface area contributed by atoms with Gasteiger partial charge >= 0.3 is 6.09 Å². The molecule has 5 rings (SSSR count). The Hall–Kier alpha value is -4.08. The summed E-state index contributed by atoms with van der Waals surface area (Å²) in [5, 5.41) is 14.0. The molecule has 1 amide bonds. The number of fused-ring (bicyclic) bond motifs is 2. The normalized spacial score (nSPS) is 14.5. The van der Waals surface area contributed by atoms with Crippen LogP contribution >= 0.6 is 0 Å². The molecule has 1 aliphatic heterocycles. The van der Waals surface area contributed by atoms with Gasteiger partial charge in [0.1, 0.15) is 29.0 Å². The summed E-state index contributed by atoms with van der Waals surface area (Å²) in [5.74, 6) is -0.0662. The Kier molecular flexibility index (Phi) is 5.58. The van der Waals surface area contributed by atoms with E-state index < -0.39 is 11.4 Å². The van der Waals surface area contributed by atoms with E-state index in [1.54, 1.807) is 17.2 Å². The molecule has 0 bridgehead atoms. The molecular weight excluding hydrogens is 451 g/mol. The van der Waals surface area contributed by atoms with E-state index in [1.165, 1.54) is 18.7 Å². The van der Waals surface area contributed by atoms with Crippen LogP contribution in [0.3, 0.4) is 0 Å². The monoisotopic (exact) mass is 476 g/mol. The molecule has 3 aromatic heterocycles. The third kappa shape index (κ3) is 4.39. The van der Waals surface area contributed by atoms with Crippen LogP contribution in [0.4, 0.5) is 15.0 Å². The molecule has 4 heterocycles. The molecular formula is C25H25FN6O3. The Morgan fingerprint density at radius 2 is 1.80 bits per heavy atom. The zero-order valence-corrected chi connectivity index (χ0v) is 19.7. The summed E-state index contributed by atoms with van der Waals surface area (Å²) >= 11 is 0. The van der Waals surface area contributed by atoms with Crippen LogP contribution in [0, 0.1) is 11.0 Å². The highest BCUT2D eigenvalue weighted by Gasteiger charge is 2.28. The number of carbonyl (C=O) groups is 1. The van der Waals surface area contributed by atoms with Gasteiger partial charge in [-0.25, -0.2) is 19.2 Å². The van der Waals surface area contributed by atoms with Crippen molar-refractivity contribution in [2.75, 3.05) is 31.1 Å². The lowest BCUT2D eigenvalue weighted by Crippen LogP contribution is -2.50. The van der Waals surface area contributed by atoms with Gasteiger partial charge < -0.3 is 19.7 Å². The number of ether oxygens (including phenoxy) is 1. The van der Waals surface area contributed by atoms with E-state index in [0.717, 1.165) is 5.39 Å². The summed E-state index contributed by atoms with van der Waals surface area (Å²) in [6, 6.07) is 7.27. The van der Waals surface area contributed by atoms with Crippen LogP contribution in [-0.4, -0.2) is 57.7 Å². The lowest BCUT2D eigenvalue weighted by molar-refractivity contribution is -0.603. The maximum absolute atomic E-state index is 15.7. The highest BCUT2D eigenvalue weighted by atomic mass is 19.1. The van der Waals surface area contributed by atoms with Crippen LogP contribution in [0.1, 0.15) is 20.8 Å². The summed E-state index contributed by atoms with van der Waals surface area (Å²) in [6.45, 7) is 7.42. The molecule has 0 unspecified atom stereocenters. The van der Waals surface area contributed by atoms with E-state index in [0.29, 0.717) is 53.1 Å². The van der Waals surface area contributed by atoms with Gasteiger partial charge in [0.2, 0.25) is 0 Å². The predicted molar refractivity (Wildman–Crippen MR) is 129 cm³/mol. The SMILES string of the molecule is CC(C)(C)OC(=O)N1CCN(c2ncnc3c(F)c(-c4c[n+]([O-])cc5ccccc45)ncc23)CC1. The van der Waals surface area contributed by atoms with Gasteiger partial charge in [0.25, 0.3) is 0 Å². The molecule has 0 N–H and O–H groups in total. The van der Waals surface area contributed by atoms with E-state index in [2.05, 4.69) is 15.0 Å². The number of anilines is 1. The smallest absolute Gasteiger partial charge is 0.410 e. The number of rotatable bonds is 2. The third-order valence-corrected chi connectivity index (χ3v) is 5.86. The minimum atomic E-state index is -0.616. The number of halogens is 1. The summed E-state index contributed by atoms with van der Waals surface area (Å²) in [5.41, 5.74) is 0.00911. The molecule has 1 saturated heterocycles. The van der Waals surface area contributed by atoms with Gasteiger partial charge in [0, 0.05) is 43.1 Å². The van der Waals surface area contributed by atoms with Gasteiger partial charge in [-0.3, -0.25) is 4.98 Å². The van der Waals surface area contributed by atoms with Crippen molar-refractivity contribution in [2.45, 2.75) is 26.4 Å². The molecule has 0 spiro atoms. The summed E-state index contributed by atoms with van der Waals surface area (Å²) in [7, 11) is 0. The zero-order chi connectivity index (χ0) is 24.7. The van der Waals surface area contributed by atoms with Crippen molar-refractivity contribution in [3.8, 4) is 11.3 Å². The molecule has 0 atom stereocenters. The zero-order valence-electron chi connectivity index (χ0n) is 19.7. The second-order valence-electron chi connectivity index (χ2n) is 9.45. The molecule has 4 aromatic rings. The first kappa shape index (κ1) is 22.7. The lowest BCUT2D eigenvalue weighted by atomic mass is 10.0. The molecule has 0 radical (unpaired) electrons. The first-order valence-corrected chi connectivity index (χ1v) is 11.4. The molecule has 1 fully saturated rings. The molecule has 1 aromatic carbocycles. The Morgan fingerprint density at radius 3 is 2.54 bits per heavy atom. The largest absolute Gasteiger partial charge is 0.619 e. The van der Waals surface area contributed by atoms with Crippen LogP contribution in [0.25, 0.3) is 32.9 Å². The number of benzene rings is 1. The van der Waals surface area contributed by atoms with E-state index in [-0.39, 0.29) is 17.3 Å². The highest BCUT2D eigenvalue weighted by Crippen LogP contribution is 2.32. The fraction of sp³-hybridized carbons (Fsp3) is 0.320. The summed E-state index contributed by atoms with van der Waals surface area (Å²) < 4.78 is 21.8. The number of pyridine rings is 2. The maximum Gasteiger partial charge on any atom is 0.410 e.